The number of hydrogen-bond donors (Lipinski definition) is 3. The van der Waals surface area contributed by atoms with Gasteiger partial charge in [-0.1, -0.05) is 25.5 Å². The Morgan fingerprint density at radius 2 is 1.81 bits per heavy atom. The molecule has 1 saturated heterocycles. The van der Waals surface area contributed by atoms with Crippen molar-refractivity contribution < 1.29 is 52.4 Å². The second-order valence-electron chi connectivity index (χ2n) is 17.8. The number of ether oxygens (including phenoxy) is 3. The first-order valence-corrected chi connectivity index (χ1v) is 20.2. The number of Topliss-reactive ketones (excluding diaryl/α,β-unsaturated/α-hetero) is 1. The Bertz CT molecular complexity index is 2240. The average molecular weight is 808 g/mol. The molecule has 0 spiro atoms. The quantitative estimate of drug-likeness (QED) is 0.313. The Labute approximate surface area is 334 Å². The molecule has 8 rings (SSSR count). The number of nitrogens with one attached hydrogen (secondary N) is 1. The highest BCUT2D eigenvalue weighted by Crippen LogP contribution is 2.70. The van der Waals surface area contributed by atoms with Crippen molar-refractivity contribution in [2.24, 2.45) is 28.6 Å². The summed E-state index contributed by atoms with van der Waals surface area (Å²) in [5.41, 5.74) is -6.79. The Hall–Kier alpha value is -4.47. The van der Waals surface area contributed by atoms with Crippen LogP contribution in [-0.2, 0) is 23.9 Å². The fourth-order valence-corrected chi connectivity index (χ4v) is 11.5. The molecule has 9 atom stereocenters. The number of fused-ring (bicyclic) bond motifs is 6. The summed E-state index contributed by atoms with van der Waals surface area (Å²) < 4.78 is 51.3. The van der Waals surface area contributed by atoms with Gasteiger partial charge in [-0.2, -0.15) is 0 Å². The van der Waals surface area contributed by atoms with E-state index in [0.717, 1.165) is 18.9 Å². The number of aromatic nitrogens is 1. The molecule has 0 amide bonds. The minimum atomic E-state index is -2.15. The zero-order chi connectivity index (χ0) is 41.7. The van der Waals surface area contributed by atoms with E-state index in [9.17, 15) is 34.2 Å². The molecular formula is C43H51F2N3O10. The lowest BCUT2D eigenvalue weighted by Gasteiger charge is -2.62. The zero-order valence-electron chi connectivity index (χ0n) is 33.4. The maximum Gasteiger partial charge on any atom is 0.344 e. The van der Waals surface area contributed by atoms with Gasteiger partial charge in [0.2, 0.25) is 11.2 Å². The number of aliphatic hydroxyl groups is 2. The molecule has 6 aliphatic rings. The number of pyridine rings is 1. The number of ketones is 2. The SMILES string of the molecule is COc1c(N2CCNC(C)C2)c(F)cc2c(=O)c(C(=O)OCC(=O)OCC(=O)[C@]3(O)[C@@H](C)C[C@@H]4[C@H]5CCC6=CC(=O)C=C[C@@]6(C)[C@]5(F)[C@H](O)C[C@]43C)cn(C3CC3)c12. The molecule has 1 aliphatic heterocycles. The lowest BCUT2D eigenvalue weighted by Crippen LogP contribution is -2.69. The van der Waals surface area contributed by atoms with Crippen molar-refractivity contribution in [3.05, 3.63) is 57.7 Å². The maximum atomic E-state index is 17.5. The van der Waals surface area contributed by atoms with Gasteiger partial charge in [0.05, 0.1) is 24.1 Å². The van der Waals surface area contributed by atoms with Crippen molar-refractivity contribution >= 4 is 40.1 Å². The summed E-state index contributed by atoms with van der Waals surface area (Å²) in [6.07, 6.45) is 6.35. The minimum absolute atomic E-state index is 0.0797. The fraction of sp³-hybridized carbons (Fsp3) is 0.605. The van der Waals surface area contributed by atoms with Crippen LogP contribution in [0.5, 0.6) is 5.75 Å². The number of benzene rings is 1. The summed E-state index contributed by atoms with van der Waals surface area (Å²) in [6, 6.07) is 1.12. The lowest BCUT2D eigenvalue weighted by atomic mass is 9.44. The summed E-state index contributed by atoms with van der Waals surface area (Å²) in [7, 11) is 1.41. The molecule has 1 aromatic heterocycles. The highest BCUT2D eigenvalue weighted by Gasteiger charge is 2.75. The molecule has 1 unspecified atom stereocenters. The van der Waals surface area contributed by atoms with Crippen LogP contribution in [-0.4, -0.2) is 102 Å². The normalized spacial score (nSPS) is 35.5. The first-order valence-electron chi connectivity index (χ1n) is 20.2. The Kier molecular flexibility index (Phi) is 9.79. The molecule has 58 heavy (non-hydrogen) atoms. The number of piperazine rings is 1. The van der Waals surface area contributed by atoms with Crippen molar-refractivity contribution in [2.75, 3.05) is 44.9 Å². The first-order chi connectivity index (χ1) is 27.4. The number of carbonyl (C=O) groups excluding carboxylic acids is 4. The summed E-state index contributed by atoms with van der Waals surface area (Å²) in [6.45, 7) is 6.85. The highest BCUT2D eigenvalue weighted by molar-refractivity contribution is 6.01. The predicted molar refractivity (Wildman–Crippen MR) is 207 cm³/mol. The molecule has 3 N–H and O–H groups in total. The van der Waals surface area contributed by atoms with Gasteiger partial charge in [-0.25, -0.2) is 18.4 Å². The van der Waals surface area contributed by atoms with Crippen LogP contribution in [0.15, 0.2) is 40.9 Å². The molecule has 4 saturated carbocycles. The standard InChI is InChI=1S/C43H51F2N3O10/c1-22-14-30-29-9-6-24-15-26(49)10-11-40(24,3)42(29,45)32(50)17-41(30,4)43(22,55)33(51)20-57-34(52)21-58-39(54)28-19-48(25-7-8-25)35-27(37(28)53)16-31(44)36(38(35)56-5)47-13-12-46-23(2)18-47/h10-11,15-16,19,22-23,25,29-30,32,46,50,55H,6-9,12-14,17-18,20-21H2,1-5H3/t22-,23?,29+,30+,32+,40+,41+,42+,43+/m0/s1. The third-order valence-corrected chi connectivity index (χ3v) is 14.6. The van der Waals surface area contributed by atoms with Crippen molar-refractivity contribution in [1.82, 2.24) is 9.88 Å². The minimum Gasteiger partial charge on any atom is -0.492 e. The number of alkyl halides is 1. The number of methoxy groups -OCH3 is 1. The monoisotopic (exact) mass is 807 g/mol. The van der Waals surface area contributed by atoms with Crippen LogP contribution in [0.2, 0.25) is 0 Å². The molecule has 2 heterocycles. The summed E-state index contributed by atoms with van der Waals surface area (Å²) in [4.78, 5) is 68.0. The van der Waals surface area contributed by atoms with E-state index in [1.165, 1.54) is 31.5 Å². The van der Waals surface area contributed by atoms with E-state index in [1.807, 2.05) is 11.8 Å². The number of allylic oxidation sites excluding steroid dienone is 4. The van der Waals surface area contributed by atoms with Gasteiger partial charge in [-0.05, 0) is 82.4 Å². The van der Waals surface area contributed by atoms with Gasteiger partial charge in [0, 0.05) is 54.7 Å². The molecule has 13 nitrogen and oxygen atoms in total. The molecule has 0 radical (unpaired) electrons. The van der Waals surface area contributed by atoms with E-state index in [-0.39, 0.29) is 47.5 Å². The van der Waals surface area contributed by atoms with E-state index in [2.05, 4.69) is 5.32 Å². The molecule has 2 aromatic rings. The van der Waals surface area contributed by atoms with Crippen LogP contribution in [0, 0.1) is 34.4 Å². The molecule has 0 bridgehead atoms. The molecule has 5 fully saturated rings. The van der Waals surface area contributed by atoms with Crippen LogP contribution < -0.4 is 20.4 Å². The zero-order valence-corrected chi connectivity index (χ0v) is 33.4. The number of rotatable bonds is 9. The van der Waals surface area contributed by atoms with Crippen LogP contribution in [0.25, 0.3) is 10.9 Å². The van der Waals surface area contributed by atoms with Gasteiger partial charge in [0.25, 0.3) is 0 Å². The number of carbonyl (C=O) groups is 4. The van der Waals surface area contributed by atoms with E-state index in [1.54, 1.807) is 25.3 Å². The average Bonchev–Trinajstić information content (AvgIpc) is 4.01. The Morgan fingerprint density at radius 1 is 1.07 bits per heavy atom. The largest absolute Gasteiger partial charge is 0.492 e. The van der Waals surface area contributed by atoms with Gasteiger partial charge in [-0.3, -0.25) is 14.4 Å². The van der Waals surface area contributed by atoms with E-state index < -0.39 is 93.7 Å². The van der Waals surface area contributed by atoms with Crippen molar-refractivity contribution in [3.63, 3.8) is 0 Å². The number of nitrogens with zero attached hydrogens (tertiary/aromatic N) is 2. The molecule has 1 aromatic carbocycles. The highest BCUT2D eigenvalue weighted by atomic mass is 19.1. The molecule has 312 valence electrons. The topological polar surface area (TPSA) is 174 Å². The number of anilines is 1. The van der Waals surface area contributed by atoms with Gasteiger partial charge >= 0.3 is 11.9 Å². The van der Waals surface area contributed by atoms with Gasteiger partial charge in [0.1, 0.15) is 16.9 Å². The second-order valence-corrected chi connectivity index (χ2v) is 17.8. The number of aliphatic hydroxyl groups excluding tert-OH is 1. The summed E-state index contributed by atoms with van der Waals surface area (Å²) in [5, 5.41) is 27.1. The third-order valence-electron chi connectivity index (χ3n) is 14.6. The smallest absolute Gasteiger partial charge is 0.344 e. The van der Waals surface area contributed by atoms with E-state index in [4.69, 9.17) is 14.2 Å². The van der Waals surface area contributed by atoms with Crippen LogP contribution in [0.1, 0.15) is 82.6 Å². The van der Waals surface area contributed by atoms with Gasteiger partial charge in [0.15, 0.2) is 36.2 Å². The van der Waals surface area contributed by atoms with Crippen LogP contribution in [0.3, 0.4) is 0 Å². The fourth-order valence-electron chi connectivity index (χ4n) is 11.5. The van der Waals surface area contributed by atoms with Crippen molar-refractivity contribution in [2.45, 2.75) is 95.7 Å². The lowest BCUT2D eigenvalue weighted by molar-refractivity contribution is -0.220. The third kappa shape index (κ3) is 5.81. The maximum absolute atomic E-state index is 17.5. The Balaban J connectivity index is 0.971. The van der Waals surface area contributed by atoms with Gasteiger partial charge in [-0.15, -0.1) is 0 Å². The molecule has 5 aliphatic carbocycles. The van der Waals surface area contributed by atoms with Crippen LogP contribution >= 0.6 is 0 Å². The summed E-state index contributed by atoms with van der Waals surface area (Å²) >= 11 is 0. The predicted octanol–water partition coefficient (Wildman–Crippen LogP) is 3.90. The van der Waals surface area contributed by atoms with Crippen molar-refractivity contribution in [1.29, 1.82) is 0 Å². The van der Waals surface area contributed by atoms with E-state index in [0.29, 0.717) is 43.6 Å². The summed E-state index contributed by atoms with van der Waals surface area (Å²) in [5.74, 6) is -5.76. The first kappa shape index (κ1) is 40.3. The Morgan fingerprint density at radius 3 is 2.50 bits per heavy atom. The second kappa shape index (κ2) is 14.1. The van der Waals surface area contributed by atoms with Crippen molar-refractivity contribution in [3.8, 4) is 5.75 Å². The molecule has 15 heteroatoms. The van der Waals surface area contributed by atoms with Crippen LogP contribution in [0.4, 0.5) is 14.5 Å². The van der Waals surface area contributed by atoms with Gasteiger partial charge < -0.3 is 39.2 Å². The number of hydrogen-bond acceptors (Lipinski definition) is 12. The number of esters is 2. The molecular weight excluding hydrogens is 756 g/mol. The van der Waals surface area contributed by atoms with E-state index >= 15 is 8.78 Å². The number of halogens is 2.